The van der Waals surface area contributed by atoms with Crippen LogP contribution in [0, 0.1) is 12.8 Å². The van der Waals surface area contributed by atoms with E-state index >= 15 is 0 Å². The van der Waals surface area contributed by atoms with Crippen molar-refractivity contribution in [3.63, 3.8) is 0 Å². The molecule has 32 heavy (non-hydrogen) atoms. The third-order valence-electron chi connectivity index (χ3n) is 6.00. The molecule has 7 nitrogen and oxygen atoms in total. The van der Waals surface area contributed by atoms with Crippen LogP contribution in [0.2, 0.25) is 0 Å². The van der Waals surface area contributed by atoms with E-state index in [0.717, 1.165) is 31.2 Å². The van der Waals surface area contributed by atoms with Gasteiger partial charge in [0.15, 0.2) is 0 Å². The lowest BCUT2D eigenvalue weighted by molar-refractivity contribution is -0.144. The number of benzene rings is 1. The van der Waals surface area contributed by atoms with Crippen molar-refractivity contribution >= 4 is 11.7 Å². The van der Waals surface area contributed by atoms with Gasteiger partial charge in [-0.2, -0.15) is 18.2 Å². The Morgan fingerprint density at radius 2 is 1.97 bits per heavy atom. The second-order valence-corrected chi connectivity index (χ2v) is 8.10. The number of para-hydroxylation sites is 1. The highest BCUT2D eigenvalue weighted by atomic mass is 19.4. The van der Waals surface area contributed by atoms with Crippen LogP contribution >= 0.6 is 0 Å². The molecule has 1 N–H and O–H groups in total. The van der Waals surface area contributed by atoms with Gasteiger partial charge in [0.25, 0.3) is 17.5 Å². The number of rotatable bonds is 5. The summed E-state index contributed by atoms with van der Waals surface area (Å²) in [5, 5.41) is 6.64. The molecule has 0 unspecified atom stereocenters. The van der Waals surface area contributed by atoms with Crippen molar-refractivity contribution in [2.24, 2.45) is 5.92 Å². The monoisotopic (exact) mass is 447 g/mol. The van der Waals surface area contributed by atoms with Gasteiger partial charge < -0.3 is 10.1 Å². The fourth-order valence-electron chi connectivity index (χ4n) is 4.34. The lowest BCUT2D eigenvalue weighted by Gasteiger charge is -2.28. The van der Waals surface area contributed by atoms with Crippen LogP contribution in [0.1, 0.15) is 59.0 Å². The van der Waals surface area contributed by atoms with Crippen LogP contribution in [-0.2, 0) is 6.18 Å². The Labute approximate surface area is 183 Å². The van der Waals surface area contributed by atoms with Gasteiger partial charge in [-0.25, -0.2) is 9.50 Å². The molecule has 1 saturated carbocycles. The van der Waals surface area contributed by atoms with E-state index in [1.807, 2.05) is 19.1 Å². The Morgan fingerprint density at radius 1 is 1.22 bits per heavy atom. The van der Waals surface area contributed by atoms with Gasteiger partial charge in [0, 0.05) is 18.7 Å². The summed E-state index contributed by atoms with van der Waals surface area (Å²) in [6.07, 6.45) is 0.131. The number of aromatic nitrogens is 4. The summed E-state index contributed by atoms with van der Waals surface area (Å²) in [6.45, 7) is 2.43. The summed E-state index contributed by atoms with van der Waals surface area (Å²) < 4.78 is 45.5. The molecule has 0 atom stereocenters. The number of ether oxygens (including phenoxy) is 1. The minimum Gasteiger partial charge on any atom is -0.496 e. The summed E-state index contributed by atoms with van der Waals surface area (Å²) in [5.41, 5.74) is 2.09. The predicted octanol–water partition coefficient (Wildman–Crippen LogP) is 4.16. The molecule has 0 spiro atoms. The van der Waals surface area contributed by atoms with E-state index in [1.54, 1.807) is 19.2 Å². The fourth-order valence-corrected chi connectivity index (χ4v) is 4.34. The Kier molecular flexibility index (Phi) is 6.03. The molecule has 1 aliphatic carbocycles. The summed E-state index contributed by atoms with van der Waals surface area (Å²) in [7, 11) is 1.54. The van der Waals surface area contributed by atoms with Crippen molar-refractivity contribution in [2.45, 2.75) is 44.7 Å². The van der Waals surface area contributed by atoms with Crippen LogP contribution in [0.4, 0.5) is 13.2 Å². The molecular formula is C22H24F3N5O2. The van der Waals surface area contributed by atoms with Gasteiger partial charge >= 0.3 is 6.18 Å². The second kappa shape index (κ2) is 8.76. The number of carbonyl (C=O) groups excluding carboxylic acids is 1. The van der Waals surface area contributed by atoms with E-state index < -0.39 is 12.0 Å². The van der Waals surface area contributed by atoms with Gasteiger partial charge in [-0.05, 0) is 56.2 Å². The average Bonchev–Trinajstić information content (AvgIpc) is 3.23. The molecular weight excluding hydrogens is 423 g/mol. The SMILES string of the molecule is COc1c(C)cccc1C(=O)NCC1CCC(c2ccnc3nc(C(F)(F)F)nn23)CC1. The highest BCUT2D eigenvalue weighted by Crippen LogP contribution is 2.36. The van der Waals surface area contributed by atoms with Crippen molar-refractivity contribution in [3.05, 3.63) is 53.1 Å². The van der Waals surface area contributed by atoms with E-state index in [1.165, 1.54) is 10.7 Å². The first-order valence-electron chi connectivity index (χ1n) is 10.5. The topological polar surface area (TPSA) is 81.4 Å². The molecule has 4 rings (SSSR count). The van der Waals surface area contributed by atoms with E-state index in [0.29, 0.717) is 29.5 Å². The molecule has 1 fully saturated rings. The third kappa shape index (κ3) is 4.39. The third-order valence-corrected chi connectivity index (χ3v) is 6.00. The second-order valence-electron chi connectivity index (χ2n) is 8.10. The summed E-state index contributed by atoms with van der Waals surface area (Å²) in [5.74, 6) is -0.471. The van der Waals surface area contributed by atoms with Crippen LogP contribution in [0.5, 0.6) is 5.75 Å². The van der Waals surface area contributed by atoms with Gasteiger partial charge in [-0.3, -0.25) is 4.79 Å². The molecule has 1 aromatic carbocycles. The number of amides is 1. The molecule has 2 aromatic heterocycles. The van der Waals surface area contributed by atoms with Gasteiger partial charge in [0.1, 0.15) is 5.75 Å². The standard InChI is InChI=1S/C22H24F3N5O2/c1-13-4-3-5-16(18(13)32-2)19(31)27-12-14-6-8-15(9-7-14)17-10-11-26-21-28-20(22(23,24)25)29-30(17)21/h3-5,10-11,14-15H,6-9,12H2,1-2H3,(H,27,31). The maximum atomic E-state index is 13.0. The lowest BCUT2D eigenvalue weighted by Crippen LogP contribution is -2.31. The van der Waals surface area contributed by atoms with E-state index in [9.17, 15) is 18.0 Å². The van der Waals surface area contributed by atoms with Crippen LogP contribution < -0.4 is 10.1 Å². The van der Waals surface area contributed by atoms with Crippen molar-refractivity contribution in [1.29, 1.82) is 0 Å². The van der Waals surface area contributed by atoms with E-state index in [2.05, 4.69) is 20.4 Å². The molecule has 0 radical (unpaired) electrons. The van der Waals surface area contributed by atoms with Crippen LogP contribution in [-0.4, -0.2) is 39.1 Å². The maximum Gasteiger partial charge on any atom is 0.453 e. The number of nitrogens with one attached hydrogen (secondary N) is 1. The Hall–Kier alpha value is -3.17. The van der Waals surface area contributed by atoms with Gasteiger partial charge in [-0.15, -0.1) is 5.10 Å². The summed E-state index contributed by atoms with van der Waals surface area (Å²) >= 11 is 0. The normalized spacial score (nSPS) is 19.2. The van der Waals surface area contributed by atoms with E-state index in [4.69, 9.17) is 4.74 Å². The van der Waals surface area contributed by atoms with Crippen molar-refractivity contribution < 1.29 is 22.7 Å². The van der Waals surface area contributed by atoms with Gasteiger partial charge in [0.2, 0.25) is 0 Å². The molecule has 0 bridgehead atoms. The number of methoxy groups -OCH3 is 1. The van der Waals surface area contributed by atoms with Crippen LogP contribution in [0.25, 0.3) is 5.78 Å². The van der Waals surface area contributed by atoms with Crippen LogP contribution in [0.3, 0.4) is 0 Å². The maximum absolute atomic E-state index is 13.0. The quantitative estimate of drug-likeness (QED) is 0.635. The zero-order valence-corrected chi connectivity index (χ0v) is 17.8. The number of hydrogen-bond donors (Lipinski definition) is 1. The number of carbonyl (C=O) groups is 1. The zero-order chi connectivity index (χ0) is 22.9. The zero-order valence-electron chi connectivity index (χ0n) is 17.8. The first-order valence-corrected chi connectivity index (χ1v) is 10.5. The van der Waals surface area contributed by atoms with Crippen LogP contribution in [0.15, 0.2) is 30.5 Å². The summed E-state index contributed by atoms with van der Waals surface area (Å²) in [4.78, 5) is 20.1. The molecule has 0 saturated heterocycles. The van der Waals surface area contributed by atoms with E-state index in [-0.39, 0.29) is 17.6 Å². The number of hydrogen-bond acceptors (Lipinski definition) is 5. The Morgan fingerprint density at radius 3 is 2.66 bits per heavy atom. The highest BCUT2D eigenvalue weighted by Gasteiger charge is 2.37. The fraction of sp³-hybridized carbons (Fsp3) is 0.455. The largest absolute Gasteiger partial charge is 0.496 e. The molecule has 10 heteroatoms. The minimum absolute atomic E-state index is 0.0451. The van der Waals surface area contributed by atoms with Crippen molar-refractivity contribution in [3.8, 4) is 5.75 Å². The summed E-state index contributed by atoms with van der Waals surface area (Å²) in [6, 6.07) is 7.15. The van der Waals surface area contributed by atoms with Gasteiger partial charge in [-0.1, -0.05) is 12.1 Å². The highest BCUT2D eigenvalue weighted by molar-refractivity contribution is 5.97. The number of aryl methyl sites for hydroxylation is 1. The molecule has 170 valence electrons. The number of halogens is 3. The first-order chi connectivity index (χ1) is 15.3. The van der Waals surface area contributed by atoms with Gasteiger partial charge in [0.05, 0.1) is 18.4 Å². The molecule has 1 aliphatic rings. The lowest BCUT2D eigenvalue weighted by atomic mass is 9.80. The molecule has 3 aromatic rings. The molecule has 0 aliphatic heterocycles. The van der Waals surface area contributed by atoms with Crippen molar-refractivity contribution in [1.82, 2.24) is 24.9 Å². The molecule has 1 amide bonds. The number of nitrogens with zero attached hydrogens (tertiary/aromatic N) is 4. The number of fused-ring (bicyclic) bond motifs is 1. The Balaban J connectivity index is 1.38. The predicted molar refractivity (Wildman–Crippen MR) is 111 cm³/mol. The molecule has 2 heterocycles. The first kappa shape index (κ1) is 22.0. The minimum atomic E-state index is -4.61. The average molecular weight is 447 g/mol. The Bertz CT molecular complexity index is 1120. The van der Waals surface area contributed by atoms with Crippen molar-refractivity contribution in [2.75, 3.05) is 13.7 Å². The smallest absolute Gasteiger partial charge is 0.453 e. The number of alkyl halides is 3.